The molecule has 0 atom stereocenters. The monoisotopic (exact) mass is 319 g/mol. The van der Waals surface area contributed by atoms with Crippen molar-refractivity contribution < 1.29 is 0 Å². The lowest BCUT2D eigenvalue weighted by atomic mass is 10.2. The maximum absolute atomic E-state index is 12.7. The number of thioether (sulfide) groups is 1. The highest BCUT2D eigenvalue weighted by Gasteiger charge is 2.26. The van der Waals surface area contributed by atoms with E-state index in [-0.39, 0.29) is 5.56 Å². The van der Waals surface area contributed by atoms with Gasteiger partial charge in [-0.3, -0.25) is 9.36 Å². The summed E-state index contributed by atoms with van der Waals surface area (Å²) in [6, 6.07) is 6.41. The zero-order valence-electron chi connectivity index (χ0n) is 11.7. The third-order valence-corrected chi connectivity index (χ3v) is 5.44. The van der Waals surface area contributed by atoms with E-state index in [4.69, 9.17) is 12.2 Å². The van der Waals surface area contributed by atoms with Crippen molar-refractivity contribution >= 4 is 40.6 Å². The van der Waals surface area contributed by atoms with Gasteiger partial charge in [0.15, 0.2) is 4.77 Å². The predicted molar refractivity (Wildman–Crippen MR) is 91.2 cm³/mol. The first-order valence-corrected chi connectivity index (χ1v) is 8.91. The Morgan fingerprint density at radius 2 is 2.00 bits per heavy atom. The number of H-pyrrole nitrogens is 1. The van der Waals surface area contributed by atoms with Crippen molar-refractivity contribution in [3.63, 3.8) is 0 Å². The molecule has 110 valence electrons. The molecule has 0 radical (unpaired) electrons. The number of rotatable bonds is 2. The molecule has 0 unspecified atom stereocenters. The number of nitrogens with zero attached hydrogens (tertiary/aromatic N) is 2. The molecular weight excluding hydrogens is 302 g/mol. The molecule has 0 spiro atoms. The van der Waals surface area contributed by atoms with Crippen LogP contribution in [-0.4, -0.2) is 34.1 Å². The fourth-order valence-corrected chi connectivity index (χ4v) is 4.14. The average Bonchev–Trinajstić information content (AvgIpc) is 3.33. The summed E-state index contributed by atoms with van der Waals surface area (Å²) in [6.45, 7) is 2.10. The average molecular weight is 319 g/mol. The van der Waals surface area contributed by atoms with Crippen molar-refractivity contribution in [1.82, 2.24) is 9.55 Å². The van der Waals surface area contributed by atoms with E-state index in [0.29, 0.717) is 10.8 Å². The number of hydrogen-bond acceptors (Lipinski definition) is 4. The number of fused-ring (bicyclic) bond motifs is 1. The third kappa shape index (κ3) is 2.40. The van der Waals surface area contributed by atoms with Crippen molar-refractivity contribution in [2.75, 3.05) is 29.5 Å². The van der Waals surface area contributed by atoms with Gasteiger partial charge in [0, 0.05) is 36.3 Å². The largest absolute Gasteiger partial charge is 0.370 e. The minimum atomic E-state index is 0.0597. The van der Waals surface area contributed by atoms with Crippen molar-refractivity contribution in [1.29, 1.82) is 0 Å². The molecule has 1 aliphatic heterocycles. The molecule has 4 nitrogen and oxygen atoms in total. The fraction of sp³-hybridized carbons (Fsp3) is 0.467. The van der Waals surface area contributed by atoms with Crippen LogP contribution in [0.4, 0.5) is 5.69 Å². The number of aromatic nitrogens is 2. The SMILES string of the molecule is O=c1c2cc(N3CCSCC3)ccc2[nH]c(=S)n1C1CC1. The summed E-state index contributed by atoms with van der Waals surface area (Å²) in [5, 5.41) is 0.756. The second kappa shape index (κ2) is 5.18. The molecule has 1 saturated heterocycles. The molecule has 6 heteroatoms. The van der Waals surface area contributed by atoms with Crippen LogP contribution in [-0.2, 0) is 0 Å². The second-order valence-electron chi connectivity index (χ2n) is 5.67. The summed E-state index contributed by atoms with van der Waals surface area (Å²) in [5.41, 5.74) is 2.05. The lowest BCUT2D eigenvalue weighted by Gasteiger charge is -2.28. The van der Waals surface area contributed by atoms with Gasteiger partial charge in [-0.2, -0.15) is 11.8 Å². The maximum atomic E-state index is 12.7. The van der Waals surface area contributed by atoms with Crippen LogP contribution in [0.5, 0.6) is 0 Å². The lowest BCUT2D eigenvalue weighted by Crippen LogP contribution is -2.32. The summed E-state index contributed by atoms with van der Waals surface area (Å²) < 4.78 is 2.31. The molecular formula is C15H17N3OS2. The fourth-order valence-electron chi connectivity index (χ4n) is 2.90. The van der Waals surface area contributed by atoms with Crippen LogP contribution in [0.15, 0.2) is 23.0 Å². The van der Waals surface area contributed by atoms with Crippen LogP contribution in [0.3, 0.4) is 0 Å². The maximum Gasteiger partial charge on any atom is 0.262 e. The molecule has 1 N–H and O–H groups in total. The number of aromatic amines is 1. The molecule has 1 aromatic heterocycles. The Balaban J connectivity index is 1.86. The van der Waals surface area contributed by atoms with Crippen LogP contribution >= 0.6 is 24.0 Å². The highest BCUT2D eigenvalue weighted by molar-refractivity contribution is 7.99. The molecule has 1 aromatic carbocycles. The lowest BCUT2D eigenvalue weighted by molar-refractivity contribution is 0.685. The Morgan fingerprint density at radius 1 is 1.24 bits per heavy atom. The molecule has 21 heavy (non-hydrogen) atoms. The Kier molecular flexibility index (Phi) is 3.30. The molecule has 0 amide bonds. The van der Waals surface area contributed by atoms with E-state index in [1.807, 2.05) is 23.9 Å². The smallest absolute Gasteiger partial charge is 0.262 e. The van der Waals surface area contributed by atoms with Crippen molar-refractivity contribution in [2.24, 2.45) is 0 Å². The Morgan fingerprint density at radius 3 is 2.71 bits per heavy atom. The number of benzene rings is 1. The van der Waals surface area contributed by atoms with E-state index in [1.54, 1.807) is 4.57 Å². The zero-order valence-corrected chi connectivity index (χ0v) is 13.3. The first-order valence-electron chi connectivity index (χ1n) is 7.35. The van der Waals surface area contributed by atoms with E-state index in [2.05, 4.69) is 16.0 Å². The summed E-state index contributed by atoms with van der Waals surface area (Å²) >= 11 is 7.32. The quantitative estimate of drug-likeness (QED) is 0.864. The third-order valence-electron chi connectivity index (χ3n) is 4.20. The molecule has 2 aliphatic rings. The standard InChI is InChI=1S/C15H17N3OS2/c19-14-12-9-11(17-5-7-21-8-6-17)3-4-13(12)16-15(20)18(14)10-1-2-10/h3-4,9-10H,1-2,5-8H2,(H,16,20). The van der Waals surface area contributed by atoms with Crippen LogP contribution in [0.2, 0.25) is 0 Å². The molecule has 1 saturated carbocycles. The van der Waals surface area contributed by atoms with Gasteiger partial charge in [0.1, 0.15) is 0 Å². The molecule has 2 heterocycles. The summed E-state index contributed by atoms with van der Waals surface area (Å²) in [6.07, 6.45) is 2.12. The highest BCUT2D eigenvalue weighted by Crippen LogP contribution is 2.34. The normalized spacial score (nSPS) is 19.1. The first-order chi connectivity index (χ1) is 10.2. The Bertz CT molecular complexity index is 801. The van der Waals surface area contributed by atoms with Crippen LogP contribution in [0, 0.1) is 4.77 Å². The number of nitrogens with one attached hydrogen (secondary N) is 1. The van der Waals surface area contributed by atoms with E-state index in [0.717, 1.165) is 54.0 Å². The summed E-state index contributed by atoms with van der Waals surface area (Å²) in [5.74, 6) is 2.31. The van der Waals surface area contributed by atoms with Crippen LogP contribution in [0.1, 0.15) is 18.9 Å². The topological polar surface area (TPSA) is 41.0 Å². The molecule has 4 rings (SSSR count). The van der Waals surface area contributed by atoms with Crippen LogP contribution < -0.4 is 10.5 Å². The number of hydrogen-bond donors (Lipinski definition) is 1. The van der Waals surface area contributed by atoms with Gasteiger partial charge in [-0.25, -0.2) is 0 Å². The van der Waals surface area contributed by atoms with E-state index < -0.39 is 0 Å². The highest BCUT2D eigenvalue weighted by atomic mass is 32.2. The van der Waals surface area contributed by atoms with Crippen molar-refractivity contribution in [2.45, 2.75) is 18.9 Å². The van der Waals surface area contributed by atoms with Gasteiger partial charge < -0.3 is 9.88 Å². The summed E-state index contributed by atoms with van der Waals surface area (Å²) in [7, 11) is 0. The first kappa shape index (κ1) is 13.4. The minimum Gasteiger partial charge on any atom is -0.370 e. The Labute approximate surface area is 132 Å². The van der Waals surface area contributed by atoms with Gasteiger partial charge in [0.2, 0.25) is 0 Å². The molecule has 2 fully saturated rings. The van der Waals surface area contributed by atoms with E-state index >= 15 is 0 Å². The molecule has 1 aliphatic carbocycles. The van der Waals surface area contributed by atoms with Crippen molar-refractivity contribution in [3.05, 3.63) is 33.3 Å². The van der Waals surface area contributed by atoms with Gasteiger partial charge in [-0.15, -0.1) is 0 Å². The predicted octanol–water partition coefficient (Wildman–Crippen LogP) is 2.95. The van der Waals surface area contributed by atoms with E-state index in [9.17, 15) is 4.79 Å². The second-order valence-corrected chi connectivity index (χ2v) is 7.28. The Hall–Kier alpha value is -1.27. The van der Waals surface area contributed by atoms with E-state index in [1.165, 1.54) is 0 Å². The van der Waals surface area contributed by atoms with Crippen LogP contribution in [0.25, 0.3) is 10.9 Å². The van der Waals surface area contributed by atoms with Gasteiger partial charge in [-0.1, -0.05) is 0 Å². The summed E-state index contributed by atoms with van der Waals surface area (Å²) in [4.78, 5) is 18.3. The van der Waals surface area contributed by atoms with Gasteiger partial charge in [-0.05, 0) is 43.3 Å². The zero-order chi connectivity index (χ0) is 14.4. The number of anilines is 1. The minimum absolute atomic E-state index is 0.0597. The molecule has 2 aromatic rings. The molecule has 0 bridgehead atoms. The van der Waals surface area contributed by atoms with Crippen molar-refractivity contribution in [3.8, 4) is 0 Å². The van der Waals surface area contributed by atoms with Gasteiger partial charge in [0.05, 0.1) is 10.9 Å². The van der Waals surface area contributed by atoms with Gasteiger partial charge in [0.25, 0.3) is 5.56 Å². The van der Waals surface area contributed by atoms with Gasteiger partial charge >= 0.3 is 0 Å².